The molecule has 18 heavy (non-hydrogen) atoms. The third-order valence-corrected chi connectivity index (χ3v) is 2.39. The topological polar surface area (TPSA) is 47.9 Å². The van der Waals surface area contributed by atoms with E-state index in [9.17, 15) is 0 Å². The molecule has 1 rings (SSSR count). The van der Waals surface area contributed by atoms with Crippen molar-refractivity contribution in [1.82, 2.24) is 0 Å². The molecule has 1 aromatic rings. The molecular formula is C14H18O4. The maximum absolute atomic E-state index is 8.69. The van der Waals surface area contributed by atoms with Crippen LogP contribution in [0.2, 0.25) is 0 Å². The minimum Gasteiger partial charge on any atom is -0.493 e. The molecule has 0 aliphatic heterocycles. The van der Waals surface area contributed by atoms with Crippen LogP contribution in [-0.2, 0) is 0 Å². The number of unbranched alkanes of at least 4 members (excludes halogenated alkanes) is 1. The van der Waals surface area contributed by atoms with Gasteiger partial charge < -0.3 is 19.3 Å². The Bertz CT molecular complexity index is 443. The van der Waals surface area contributed by atoms with Crippen molar-refractivity contribution in [3.05, 3.63) is 17.7 Å². The summed E-state index contributed by atoms with van der Waals surface area (Å²) in [5, 5.41) is 8.69. The van der Waals surface area contributed by atoms with Crippen LogP contribution in [0, 0.1) is 11.8 Å². The van der Waals surface area contributed by atoms with Gasteiger partial charge in [0.1, 0.15) is 0 Å². The zero-order valence-corrected chi connectivity index (χ0v) is 10.9. The second-order valence-electron chi connectivity index (χ2n) is 3.51. The third kappa shape index (κ3) is 3.31. The summed E-state index contributed by atoms with van der Waals surface area (Å²) in [4.78, 5) is 0. The first-order valence-corrected chi connectivity index (χ1v) is 5.67. The molecule has 0 saturated carbocycles. The van der Waals surface area contributed by atoms with Crippen LogP contribution in [0.5, 0.6) is 17.2 Å². The van der Waals surface area contributed by atoms with Gasteiger partial charge in [-0.15, -0.1) is 0 Å². The predicted molar refractivity (Wildman–Crippen MR) is 69.3 cm³/mol. The number of hydrogen-bond donors (Lipinski definition) is 1. The maximum atomic E-state index is 8.69. The lowest BCUT2D eigenvalue weighted by molar-refractivity contribution is 0.290. The van der Waals surface area contributed by atoms with Crippen LogP contribution < -0.4 is 14.2 Å². The number of hydrogen-bond acceptors (Lipinski definition) is 4. The summed E-state index contributed by atoms with van der Waals surface area (Å²) in [6.07, 6.45) is 1.32. The van der Waals surface area contributed by atoms with E-state index in [-0.39, 0.29) is 6.61 Å². The highest BCUT2D eigenvalue weighted by molar-refractivity contribution is 5.60. The molecule has 4 heteroatoms. The van der Waals surface area contributed by atoms with E-state index in [2.05, 4.69) is 11.8 Å². The molecule has 0 heterocycles. The fourth-order valence-electron chi connectivity index (χ4n) is 1.52. The molecule has 0 saturated heterocycles. The minimum absolute atomic E-state index is 0.151. The number of methoxy groups -OCH3 is 3. The molecule has 1 aromatic carbocycles. The number of benzene rings is 1. The van der Waals surface area contributed by atoms with Gasteiger partial charge in [0.2, 0.25) is 5.75 Å². The van der Waals surface area contributed by atoms with Gasteiger partial charge in [-0.05, 0) is 18.6 Å². The van der Waals surface area contributed by atoms with Crippen LogP contribution in [0.1, 0.15) is 18.4 Å². The van der Waals surface area contributed by atoms with E-state index in [1.807, 2.05) is 6.07 Å². The fraction of sp³-hybridized carbons (Fsp3) is 0.429. The Kier molecular flexibility index (Phi) is 5.89. The lowest BCUT2D eigenvalue weighted by Crippen LogP contribution is -1.97. The van der Waals surface area contributed by atoms with Gasteiger partial charge in [0.15, 0.2) is 11.5 Å². The molecule has 0 fully saturated rings. The monoisotopic (exact) mass is 250 g/mol. The van der Waals surface area contributed by atoms with Gasteiger partial charge in [-0.25, -0.2) is 0 Å². The van der Waals surface area contributed by atoms with Crippen LogP contribution in [-0.4, -0.2) is 33.0 Å². The Morgan fingerprint density at radius 1 is 1.06 bits per heavy atom. The third-order valence-electron chi connectivity index (χ3n) is 2.39. The Hall–Kier alpha value is -1.86. The van der Waals surface area contributed by atoms with E-state index in [1.165, 1.54) is 0 Å². The molecule has 0 spiro atoms. The number of ether oxygens (including phenoxy) is 3. The van der Waals surface area contributed by atoms with Gasteiger partial charge in [-0.2, -0.15) is 0 Å². The molecule has 0 aliphatic rings. The Morgan fingerprint density at radius 3 is 2.33 bits per heavy atom. The lowest BCUT2D eigenvalue weighted by atomic mass is 10.1. The second-order valence-corrected chi connectivity index (χ2v) is 3.51. The van der Waals surface area contributed by atoms with Crippen LogP contribution in [0.15, 0.2) is 12.1 Å². The van der Waals surface area contributed by atoms with Gasteiger partial charge in [0, 0.05) is 13.0 Å². The van der Waals surface area contributed by atoms with Gasteiger partial charge in [0.25, 0.3) is 0 Å². The van der Waals surface area contributed by atoms with E-state index < -0.39 is 0 Å². The van der Waals surface area contributed by atoms with Crippen molar-refractivity contribution in [2.75, 3.05) is 27.9 Å². The molecular weight excluding hydrogens is 232 g/mol. The summed E-state index contributed by atoms with van der Waals surface area (Å²) >= 11 is 0. The van der Waals surface area contributed by atoms with E-state index in [0.717, 1.165) is 5.56 Å². The Labute approximate surface area is 107 Å². The molecule has 1 N–H and O–H groups in total. The second kappa shape index (κ2) is 7.46. The zero-order chi connectivity index (χ0) is 13.4. The lowest BCUT2D eigenvalue weighted by Gasteiger charge is -2.13. The zero-order valence-electron chi connectivity index (χ0n) is 10.9. The van der Waals surface area contributed by atoms with E-state index >= 15 is 0 Å². The first-order chi connectivity index (χ1) is 8.78. The molecule has 0 aliphatic carbocycles. The first-order valence-electron chi connectivity index (χ1n) is 5.67. The molecule has 0 bridgehead atoms. The largest absolute Gasteiger partial charge is 0.493 e. The van der Waals surface area contributed by atoms with Crippen LogP contribution >= 0.6 is 0 Å². The summed E-state index contributed by atoms with van der Waals surface area (Å²) in [5.41, 5.74) is 0.744. The van der Waals surface area contributed by atoms with E-state index in [1.54, 1.807) is 27.4 Å². The average molecular weight is 250 g/mol. The van der Waals surface area contributed by atoms with Crippen molar-refractivity contribution < 1.29 is 19.3 Å². The van der Waals surface area contributed by atoms with Gasteiger partial charge in [-0.1, -0.05) is 11.8 Å². The number of aliphatic hydroxyl groups is 1. The average Bonchev–Trinajstić information content (AvgIpc) is 2.42. The smallest absolute Gasteiger partial charge is 0.204 e. The predicted octanol–water partition coefficient (Wildman–Crippen LogP) is 1.84. The van der Waals surface area contributed by atoms with Crippen molar-refractivity contribution >= 4 is 0 Å². The van der Waals surface area contributed by atoms with E-state index in [0.29, 0.717) is 30.1 Å². The molecule has 0 amide bonds. The highest BCUT2D eigenvalue weighted by Crippen LogP contribution is 2.39. The van der Waals surface area contributed by atoms with E-state index in [4.69, 9.17) is 19.3 Å². The highest BCUT2D eigenvalue weighted by atomic mass is 16.5. The molecule has 98 valence electrons. The molecule has 4 nitrogen and oxygen atoms in total. The quantitative estimate of drug-likeness (QED) is 0.640. The van der Waals surface area contributed by atoms with Crippen LogP contribution in [0.3, 0.4) is 0 Å². The number of aliphatic hydroxyl groups excluding tert-OH is 1. The summed E-state index contributed by atoms with van der Waals surface area (Å²) in [6, 6.07) is 3.61. The number of rotatable bonds is 5. The van der Waals surface area contributed by atoms with Gasteiger partial charge in [-0.3, -0.25) is 0 Å². The summed E-state index contributed by atoms with van der Waals surface area (Å²) in [6.45, 7) is 0.151. The Morgan fingerprint density at radius 2 is 1.78 bits per heavy atom. The van der Waals surface area contributed by atoms with Crippen molar-refractivity contribution in [2.45, 2.75) is 12.8 Å². The molecule has 0 unspecified atom stereocenters. The maximum Gasteiger partial charge on any atom is 0.204 e. The highest BCUT2D eigenvalue weighted by Gasteiger charge is 2.14. The van der Waals surface area contributed by atoms with Crippen molar-refractivity contribution in [3.8, 4) is 29.1 Å². The van der Waals surface area contributed by atoms with Gasteiger partial charge in [0.05, 0.1) is 26.9 Å². The standard InChI is InChI=1S/C14H18O4/c1-16-12-9-8-11(7-5-4-6-10-15)13(17-2)14(12)18-3/h8-9,15H,4,6,10H2,1-3H3. The first kappa shape index (κ1) is 14.2. The normalized spacial score (nSPS) is 9.33. The summed E-state index contributed by atoms with van der Waals surface area (Å²) in [5.74, 6) is 7.69. The van der Waals surface area contributed by atoms with Crippen molar-refractivity contribution in [3.63, 3.8) is 0 Å². The summed E-state index contributed by atoms with van der Waals surface area (Å²) in [7, 11) is 4.70. The van der Waals surface area contributed by atoms with Crippen LogP contribution in [0.4, 0.5) is 0 Å². The molecule has 0 atom stereocenters. The minimum atomic E-state index is 0.151. The Balaban J connectivity index is 3.07. The fourth-order valence-corrected chi connectivity index (χ4v) is 1.52. The molecule has 0 radical (unpaired) electrons. The van der Waals surface area contributed by atoms with Gasteiger partial charge >= 0.3 is 0 Å². The van der Waals surface area contributed by atoms with Crippen LogP contribution in [0.25, 0.3) is 0 Å². The SMILES string of the molecule is COc1ccc(C#CCCCO)c(OC)c1OC. The van der Waals surface area contributed by atoms with Crippen molar-refractivity contribution in [2.24, 2.45) is 0 Å². The molecule has 0 aromatic heterocycles. The van der Waals surface area contributed by atoms with Crippen molar-refractivity contribution in [1.29, 1.82) is 0 Å². The summed E-state index contributed by atoms with van der Waals surface area (Å²) < 4.78 is 15.8.